The lowest BCUT2D eigenvalue weighted by Gasteiger charge is -2.36. The summed E-state index contributed by atoms with van der Waals surface area (Å²) in [5.41, 5.74) is -0.0689. The standard InChI is InChI=1S/C15H20ClFN2O/c1-2-6-15(7-3-8-18-10-15)14(20)19-13-9-11(17)4-5-12(13)16/h4-5,9,18H,2-3,6-8,10H2,1H3,(H,19,20). The van der Waals surface area contributed by atoms with Crippen LogP contribution in [0.15, 0.2) is 18.2 Å². The van der Waals surface area contributed by atoms with E-state index >= 15 is 0 Å². The van der Waals surface area contributed by atoms with E-state index < -0.39 is 11.2 Å². The van der Waals surface area contributed by atoms with Crippen LogP contribution < -0.4 is 10.6 Å². The van der Waals surface area contributed by atoms with Gasteiger partial charge in [0.25, 0.3) is 0 Å². The van der Waals surface area contributed by atoms with Gasteiger partial charge in [0.05, 0.1) is 16.1 Å². The van der Waals surface area contributed by atoms with Crippen molar-refractivity contribution in [2.24, 2.45) is 5.41 Å². The van der Waals surface area contributed by atoms with E-state index in [0.717, 1.165) is 32.2 Å². The molecule has 0 saturated carbocycles. The number of nitrogens with one attached hydrogen (secondary N) is 2. The first-order valence-corrected chi connectivity index (χ1v) is 7.42. The predicted octanol–water partition coefficient (Wildman–Crippen LogP) is 3.59. The van der Waals surface area contributed by atoms with E-state index in [-0.39, 0.29) is 5.91 Å². The van der Waals surface area contributed by atoms with Crippen molar-refractivity contribution in [1.29, 1.82) is 0 Å². The van der Waals surface area contributed by atoms with Gasteiger partial charge in [-0.2, -0.15) is 0 Å². The van der Waals surface area contributed by atoms with Crippen molar-refractivity contribution in [3.05, 3.63) is 29.0 Å². The number of halogens is 2. The first kappa shape index (κ1) is 15.3. The summed E-state index contributed by atoms with van der Waals surface area (Å²) in [7, 11) is 0. The minimum atomic E-state index is -0.414. The molecule has 2 N–H and O–H groups in total. The van der Waals surface area contributed by atoms with E-state index in [2.05, 4.69) is 17.6 Å². The van der Waals surface area contributed by atoms with Gasteiger partial charge in [0, 0.05) is 6.54 Å². The van der Waals surface area contributed by atoms with E-state index in [1.165, 1.54) is 18.2 Å². The van der Waals surface area contributed by atoms with Crippen LogP contribution in [0.1, 0.15) is 32.6 Å². The quantitative estimate of drug-likeness (QED) is 0.892. The van der Waals surface area contributed by atoms with E-state index in [9.17, 15) is 9.18 Å². The van der Waals surface area contributed by atoms with Crippen molar-refractivity contribution in [3.8, 4) is 0 Å². The second-order valence-electron chi connectivity index (χ2n) is 5.39. The number of carbonyl (C=O) groups is 1. The van der Waals surface area contributed by atoms with Crippen molar-refractivity contribution in [1.82, 2.24) is 5.32 Å². The molecule has 1 saturated heterocycles. The highest BCUT2D eigenvalue weighted by molar-refractivity contribution is 6.33. The van der Waals surface area contributed by atoms with Gasteiger partial charge in [-0.3, -0.25) is 4.79 Å². The van der Waals surface area contributed by atoms with Gasteiger partial charge in [0.15, 0.2) is 0 Å². The smallest absolute Gasteiger partial charge is 0.231 e. The number of carbonyl (C=O) groups excluding carboxylic acids is 1. The first-order chi connectivity index (χ1) is 9.57. The van der Waals surface area contributed by atoms with Crippen LogP contribution in [-0.4, -0.2) is 19.0 Å². The lowest BCUT2D eigenvalue weighted by atomic mass is 9.76. The molecule has 3 nitrogen and oxygen atoms in total. The van der Waals surface area contributed by atoms with Crippen LogP contribution >= 0.6 is 11.6 Å². The molecule has 1 aromatic carbocycles. The zero-order chi connectivity index (χ0) is 14.6. The van der Waals surface area contributed by atoms with Gasteiger partial charge in [-0.1, -0.05) is 24.9 Å². The van der Waals surface area contributed by atoms with Gasteiger partial charge >= 0.3 is 0 Å². The van der Waals surface area contributed by atoms with Gasteiger partial charge in [0.1, 0.15) is 5.82 Å². The lowest BCUT2D eigenvalue weighted by molar-refractivity contribution is -0.127. The summed E-state index contributed by atoms with van der Waals surface area (Å²) in [6, 6.07) is 4.00. The maximum atomic E-state index is 13.3. The summed E-state index contributed by atoms with van der Waals surface area (Å²) in [4.78, 5) is 12.6. The van der Waals surface area contributed by atoms with Gasteiger partial charge in [-0.05, 0) is 44.0 Å². The summed E-state index contributed by atoms with van der Waals surface area (Å²) < 4.78 is 13.3. The molecule has 1 aliphatic rings. The Balaban J connectivity index is 2.18. The maximum Gasteiger partial charge on any atom is 0.231 e. The van der Waals surface area contributed by atoms with E-state index in [0.29, 0.717) is 17.3 Å². The van der Waals surface area contributed by atoms with E-state index in [4.69, 9.17) is 11.6 Å². The Labute approximate surface area is 123 Å². The molecule has 0 spiro atoms. The second-order valence-corrected chi connectivity index (χ2v) is 5.80. The van der Waals surface area contributed by atoms with Gasteiger partial charge in [-0.25, -0.2) is 4.39 Å². The second kappa shape index (κ2) is 6.55. The number of rotatable bonds is 4. The Kier molecular flexibility index (Phi) is 5.00. The zero-order valence-electron chi connectivity index (χ0n) is 11.6. The number of benzene rings is 1. The summed E-state index contributed by atoms with van der Waals surface area (Å²) in [6.45, 7) is 3.68. The number of anilines is 1. The van der Waals surface area contributed by atoms with Gasteiger partial charge in [0.2, 0.25) is 5.91 Å². The molecule has 1 unspecified atom stereocenters. The van der Waals surface area contributed by atoms with Crippen molar-refractivity contribution in [3.63, 3.8) is 0 Å². The van der Waals surface area contributed by atoms with Gasteiger partial charge in [-0.15, -0.1) is 0 Å². The molecule has 2 rings (SSSR count). The average molecular weight is 299 g/mol. The van der Waals surface area contributed by atoms with Crippen LogP contribution in [0.2, 0.25) is 5.02 Å². The van der Waals surface area contributed by atoms with E-state index in [1.54, 1.807) is 0 Å². The van der Waals surface area contributed by atoms with Crippen LogP contribution in [0, 0.1) is 11.2 Å². The summed E-state index contributed by atoms with van der Waals surface area (Å²) in [6.07, 6.45) is 3.58. The van der Waals surface area contributed by atoms with Crippen LogP contribution in [-0.2, 0) is 4.79 Å². The molecule has 110 valence electrons. The largest absolute Gasteiger partial charge is 0.324 e. The Bertz CT molecular complexity index is 481. The minimum absolute atomic E-state index is 0.0703. The monoisotopic (exact) mass is 298 g/mol. The molecule has 1 amide bonds. The first-order valence-electron chi connectivity index (χ1n) is 7.04. The molecule has 5 heteroatoms. The normalized spacial score (nSPS) is 22.6. The molecule has 0 aromatic heterocycles. The number of piperidine rings is 1. The molecule has 0 radical (unpaired) electrons. The van der Waals surface area contributed by atoms with Crippen molar-refractivity contribution >= 4 is 23.2 Å². The topological polar surface area (TPSA) is 41.1 Å². The molecule has 1 heterocycles. The molecule has 1 atom stereocenters. The Morgan fingerprint density at radius 1 is 1.55 bits per heavy atom. The molecule has 1 fully saturated rings. The fourth-order valence-corrected chi connectivity index (χ4v) is 2.98. The van der Waals surface area contributed by atoms with Crippen molar-refractivity contribution < 1.29 is 9.18 Å². The van der Waals surface area contributed by atoms with Crippen LogP contribution in [0.4, 0.5) is 10.1 Å². The maximum absolute atomic E-state index is 13.3. The lowest BCUT2D eigenvalue weighted by Crippen LogP contribution is -2.48. The molecule has 20 heavy (non-hydrogen) atoms. The molecule has 1 aliphatic heterocycles. The fourth-order valence-electron chi connectivity index (χ4n) is 2.82. The highest BCUT2D eigenvalue weighted by Crippen LogP contribution is 2.34. The van der Waals surface area contributed by atoms with Crippen molar-refractivity contribution in [2.45, 2.75) is 32.6 Å². The van der Waals surface area contributed by atoms with Gasteiger partial charge < -0.3 is 10.6 Å². The molecule has 0 aliphatic carbocycles. The fraction of sp³-hybridized carbons (Fsp3) is 0.533. The third kappa shape index (κ3) is 3.30. The number of amides is 1. The van der Waals surface area contributed by atoms with E-state index in [1.807, 2.05) is 0 Å². The molecular formula is C15H20ClFN2O. The summed E-state index contributed by atoms with van der Waals surface area (Å²) in [5.74, 6) is -0.477. The Morgan fingerprint density at radius 2 is 2.35 bits per heavy atom. The summed E-state index contributed by atoms with van der Waals surface area (Å²) >= 11 is 6.00. The Hall–Kier alpha value is -1.13. The Morgan fingerprint density at radius 3 is 3.00 bits per heavy atom. The zero-order valence-corrected chi connectivity index (χ0v) is 12.4. The molecular weight excluding hydrogens is 279 g/mol. The van der Waals surface area contributed by atoms with Crippen molar-refractivity contribution in [2.75, 3.05) is 18.4 Å². The third-order valence-electron chi connectivity index (χ3n) is 3.86. The van der Waals surface area contributed by atoms with Crippen LogP contribution in [0.5, 0.6) is 0 Å². The predicted molar refractivity (Wildman–Crippen MR) is 79.5 cm³/mol. The average Bonchev–Trinajstić information content (AvgIpc) is 2.44. The highest BCUT2D eigenvalue weighted by Gasteiger charge is 2.38. The number of hydrogen-bond donors (Lipinski definition) is 2. The molecule has 1 aromatic rings. The third-order valence-corrected chi connectivity index (χ3v) is 4.19. The summed E-state index contributed by atoms with van der Waals surface area (Å²) in [5, 5.41) is 6.44. The molecule has 0 bridgehead atoms. The van der Waals surface area contributed by atoms with Crippen LogP contribution in [0.3, 0.4) is 0 Å². The van der Waals surface area contributed by atoms with Crippen LogP contribution in [0.25, 0.3) is 0 Å². The number of hydrogen-bond acceptors (Lipinski definition) is 2. The highest BCUT2D eigenvalue weighted by atomic mass is 35.5. The minimum Gasteiger partial charge on any atom is -0.324 e. The SMILES string of the molecule is CCCC1(C(=O)Nc2cc(F)ccc2Cl)CCCNC1.